The Morgan fingerprint density at radius 1 is 0.975 bits per heavy atom. The van der Waals surface area contributed by atoms with Gasteiger partial charge in [0.25, 0.3) is 0 Å². The summed E-state index contributed by atoms with van der Waals surface area (Å²) < 4.78 is 11.4. The van der Waals surface area contributed by atoms with Crippen molar-refractivity contribution in [1.29, 1.82) is 0 Å². The van der Waals surface area contributed by atoms with Gasteiger partial charge in [-0.15, -0.1) is 0 Å². The zero-order chi connectivity index (χ0) is 28.2. The van der Waals surface area contributed by atoms with Gasteiger partial charge in [0.05, 0.1) is 24.0 Å². The number of nitrogen functional groups attached to an aromatic ring is 1. The summed E-state index contributed by atoms with van der Waals surface area (Å²) in [5.41, 5.74) is 7.48. The Hall–Kier alpha value is -3.04. The van der Waals surface area contributed by atoms with Crippen LogP contribution in [0.3, 0.4) is 0 Å². The molecule has 3 heterocycles. The van der Waals surface area contributed by atoms with Crippen molar-refractivity contribution >= 4 is 35.1 Å². The van der Waals surface area contributed by atoms with Gasteiger partial charge in [0.15, 0.2) is 0 Å². The Morgan fingerprint density at radius 3 is 2.27 bits per heavy atom. The van der Waals surface area contributed by atoms with Crippen LogP contribution in [0.5, 0.6) is 0 Å². The molecule has 1 saturated carbocycles. The lowest BCUT2D eigenvalue weighted by atomic mass is 9.93. The standard InChI is InChI=1S/C30H40ClN5O4/c1-34(30(38)40-25-10-8-24(39-2)9-11-25)27-19-36(18-26(27)20-3-5-22(31)6-4-20)29(37)21-13-15-35(16-14-21)28-12-7-23(32)17-33-28/h3-7,12,17,21,24-27H,8-11,13-16,18-19,32H2,1-2H3/t24?,25?,26-,27+/m0/s1. The number of halogens is 1. The zero-order valence-electron chi connectivity index (χ0n) is 23.4. The quantitative estimate of drug-likeness (QED) is 0.544. The molecule has 2 saturated heterocycles. The van der Waals surface area contributed by atoms with E-state index in [1.807, 2.05) is 41.3 Å². The van der Waals surface area contributed by atoms with Gasteiger partial charge in [-0.1, -0.05) is 23.7 Å². The van der Waals surface area contributed by atoms with Gasteiger partial charge in [-0.25, -0.2) is 9.78 Å². The van der Waals surface area contributed by atoms with Gasteiger partial charge in [0, 0.05) is 57.2 Å². The molecule has 2 amide bonds. The minimum Gasteiger partial charge on any atom is -0.446 e. The Labute approximate surface area is 241 Å². The van der Waals surface area contributed by atoms with E-state index in [9.17, 15) is 9.59 Å². The second kappa shape index (κ2) is 12.6. The maximum Gasteiger partial charge on any atom is 0.410 e. The van der Waals surface area contributed by atoms with Crippen LogP contribution < -0.4 is 10.6 Å². The number of methoxy groups -OCH3 is 1. The first kappa shape index (κ1) is 28.5. The number of ether oxygens (including phenoxy) is 2. The number of carbonyl (C=O) groups is 2. The van der Waals surface area contributed by atoms with E-state index >= 15 is 0 Å². The molecule has 3 aliphatic rings. The Kier molecular flexibility index (Phi) is 9.00. The number of rotatable bonds is 6. The van der Waals surface area contributed by atoms with Crippen LogP contribution in [0.25, 0.3) is 0 Å². The summed E-state index contributed by atoms with van der Waals surface area (Å²) in [5, 5.41) is 0.660. The Bertz CT molecular complexity index is 1150. The second-order valence-corrected chi connectivity index (χ2v) is 11.7. The third-order valence-corrected chi connectivity index (χ3v) is 9.10. The van der Waals surface area contributed by atoms with E-state index in [1.54, 1.807) is 25.3 Å². The number of likely N-dealkylation sites (N-methyl/N-ethyl adjacent to an activating group) is 1. The molecule has 9 nitrogen and oxygen atoms in total. The van der Waals surface area contributed by atoms with E-state index in [1.165, 1.54) is 0 Å². The molecule has 1 aromatic carbocycles. The molecule has 0 radical (unpaired) electrons. The van der Waals surface area contributed by atoms with Crippen molar-refractivity contribution in [1.82, 2.24) is 14.8 Å². The molecule has 2 atom stereocenters. The molecule has 5 rings (SSSR count). The number of carbonyl (C=O) groups excluding carboxylic acids is 2. The Balaban J connectivity index is 1.24. The number of piperidine rings is 1. The summed E-state index contributed by atoms with van der Waals surface area (Å²) in [4.78, 5) is 37.3. The van der Waals surface area contributed by atoms with Crippen LogP contribution in [0.1, 0.15) is 50.0 Å². The lowest BCUT2D eigenvalue weighted by Crippen LogP contribution is -2.45. The van der Waals surface area contributed by atoms with Crippen molar-refractivity contribution < 1.29 is 19.1 Å². The number of aromatic nitrogens is 1. The van der Waals surface area contributed by atoms with Crippen molar-refractivity contribution in [2.45, 2.75) is 62.7 Å². The number of amides is 2. The molecule has 0 bridgehead atoms. The van der Waals surface area contributed by atoms with Gasteiger partial charge in [0.2, 0.25) is 5.91 Å². The van der Waals surface area contributed by atoms with Gasteiger partial charge in [-0.05, 0) is 68.4 Å². The first-order chi connectivity index (χ1) is 19.3. The highest BCUT2D eigenvalue weighted by molar-refractivity contribution is 6.30. The van der Waals surface area contributed by atoms with Crippen molar-refractivity contribution in [3.05, 3.63) is 53.2 Å². The highest BCUT2D eigenvalue weighted by Gasteiger charge is 2.42. The summed E-state index contributed by atoms with van der Waals surface area (Å²) >= 11 is 6.17. The van der Waals surface area contributed by atoms with E-state index in [4.69, 9.17) is 26.8 Å². The van der Waals surface area contributed by atoms with E-state index in [2.05, 4.69) is 9.88 Å². The van der Waals surface area contributed by atoms with Crippen LogP contribution in [0.4, 0.5) is 16.3 Å². The number of nitrogens with zero attached hydrogens (tertiary/aromatic N) is 4. The molecular formula is C30H40ClN5O4. The fraction of sp³-hybridized carbons (Fsp3) is 0.567. The summed E-state index contributed by atoms with van der Waals surface area (Å²) in [6, 6.07) is 11.3. The zero-order valence-corrected chi connectivity index (χ0v) is 24.1. The normalized spacial score (nSPS) is 25.6. The molecule has 0 spiro atoms. The fourth-order valence-corrected chi connectivity index (χ4v) is 6.47. The van der Waals surface area contributed by atoms with E-state index in [0.717, 1.165) is 63.0 Å². The number of nitrogens with two attached hydrogens (primary N) is 1. The molecule has 1 aromatic heterocycles. The minimum absolute atomic E-state index is 0.0259. The molecule has 10 heteroatoms. The van der Waals surface area contributed by atoms with Crippen LogP contribution in [-0.2, 0) is 14.3 Å². The summed E-state index contributed by atoms with van der Waals surface area (Å²) in [5.74, 6) is 0.968. The topological polar surface area (TPSA) is 101 Å². The molecule has 2 N–H and O–H groups in total. The number of anilines is 2. The molecule has 2 aromatic rings. The molecule has 40 heavy (non-hydrogen) atoms. The third-order valence-electron chi connectivity index (χ3n) is 8.85. The average molecular weight is 570 g/mol. The molecule has 3 fully saturated rings. The first-order valence-electron chi connectivity index (χ1n) is 14.3. The molecular weight excluding hydrogens is 530 g/mol. The third kappa shape index (κ3) is 6.47. The van der Waals surface area contributed by atoms with Crippen LogP contribution in [-0.4, -0.2) is 85.4 Å². The predicted molar refractivity (Wildman–Crippen MR) is 155 cm³/mol. The number of pyridine rings is 1. The maximum atomic E-state index is 13.7. The monoisotopic (exact) mass is 569 g/mol. The molecule has 216 valence electrons. The lowest BCUT2D eigenvalue weighted by Gasteiger charge is -2.34. The summed E-state index contributed by atoms with van der Waals surface area (Å²) in [6.07, 6.45) is 6.40. The van der Waals surface area contributed by atoms with Crippen LogP contribution in [0.15, 0.2) is 42.6 Å². The van der Waals surface area contributed by atoms with Gasteiger partial charge in [-0.2, -0.15) is 0 Å². The smallest absolute Gasteiger partial charge is 0.410 e. The molecule has 1 aliphatic carbocycles. The maximum absolute atomic E-state index is 13.7. The molecule has 0 unspecified atom stereocenters. The van der Waals surface area contributed by atoms with Crippen molar-refractivity contribution in [2.24, 2.45) is 5.92 Å². The van der Waals surface area contributed by atoms with Gasteiger partial charge in [-0.3, -0.25) is 4.79 Å². The van der Waals surface area contributed by atoms with Gasteiger partial charge < -0.3 is 29.9 Å². The average Bonchev–Trinajstić information content (AvgIpc) is 3.43. The number of hydrogen-bond acceptors (Lipinski definition) is 7. The fourth-order valence-electron chi connectivity index (χ4n) is 6.34. The molecule has 2 aliphatic heterocycles. The van der Waals surface area contributed by atoms with Crippen LogP contribution in [0, 0.1) is 5.92 Å². The van der Waals surface area contributed by atoms with E-state index in [0.29, 0.717) is 23.8 Å². The lowest BCUT2D eigenvalue weighted by molar-refractivity contribution is -0.135. The number of benzene rings is 1. The van der Waals surface area contributed by atoms with Gasteiger partial charge >= 0.3 is 6.09 Å². The van der Waals surface area contributed by atoms with E-state index < -0.39 is 0 Å². The van der Waals surface area contributed by atoms with Gasteiger partial charge in [0.1, 0.15) is 11.9 Å². The highest BCUT2D eigenvalue weighted by Crippen LogP contribution is 2.35. The second-order valence-electron chi connectivity index (χ2n) is 11.3. The summed E-state index contributed by atoms with van der Waals surface area (Å²) in [6.45, 7) is 2.57. The van der Waals surface area contributed by atoms with E-state index in [-0.39, 0.29) is 42.1 Å². The first-order valence-corrected chi connectivity index (χ1v) is 14.7. The van der Waals surface area contributed by atoms with Crippen molar-refractivity contribution in [3.63, 3.8) is 0 Å². The number of likely N-dealkylation sites (tertiary alicyclic amines) is 1. The Morgan fingerprint density at radius 2 is 1.65 bits per heavy atom. The van der Waals surface area contributed by atoms with Crippen LogP contribution in [0.2, 0.25) is 5.02 Å². The SMILES string of the molecule is COC1CCC(OC(=O)N(C)[C@@H]2CN(C(=O)C3CCN(c4ccc(N)cn4)CC3)C[C@H]2c2ccc(Cl)cc2)CC1. The summed E-state index contributed by atoms with van der Waals surface area (Å²) in [7, 11) is 3.53. The predicted octanol–water partition coefficient (Wildman–Crippen LogP) is 4.55. The van der Waals surface area contributed by atoms with Crippen molar-refractivity contribution in [2.75, 3.05) is 51.0 Å². The largest absolute Gasteiger partial charge is 0.446 e. The number of hydrogen-bond donors (Lipinski definition) is 1. The highest BCUT2D eigenvalue weighted by atomic mass is 35.5. The minimum atomic E-state index is -0.330. The van der Waals surface area contributed by atoms with Crippen LogP contribution >= 0.6 is 11.6 Å². The van der Waals surface area contributed by atoms with Crippen molar-refractivity contribution in [3.8, 4) is 0 Å².